The molecule has 0 bridgehead atoms. The van der Waals surface area contributed by atoms with Gasteiger partial charge in [-0.3, -0.25) is 13.9 Å². The quantitative estimate of drug-likeness (QED) is 0.298. The summed E-state index contributed by atoms with van der Waals surface area (Å²) in [5.74, 6) is -0.0690. The van der Waals surface area contributed by atoms with E-state index in [4.69, 9.17) is 9.47 Å². The number of nitrogens with zero attached hydrogens (tertiary/aromatic N) is 2. The van der Waals surface area contributed by atoms with Crippen LogP contribution in [0.25, 0.3) is 0 Å². The van der Waals surface area contributed by atoms with Crippen LogP contribution in [0.1, 0.15) is 37.0 Å². The van der Waals surface area contributed by atoms with Crippen molar-refractivity contribution in [2.24, 2.45) is 0 Å². The molecular formula is C32H41N3O6S. The van der Waals surface area contributed by atoms with Crippen LogP contribution < -0.4 is 19.1 Å². The fourth-order valence-corrected chi connectivity index (χ4v) is 5.40. The number of carbonyl (C=O) groups excluding carboxylic acids is 2. The Hall–Kier alpha value is -4.05. The topological polar surface area (TPSA) is 105 Å². The predicted octanol–water partition coefficient (Wildman–Crippen LogP) is 4.33. The summed E-state index contributed by atoms with van der Waals surface area (Å²) in [6, 6.07) is 20.8. The second-order valence-electron chi connectivity index (χ2n) is 10.3. The summed E-state index contributed by atoms with van der Waals surface area (Å²) in [7, 11) is -0.979. The highest BCUT2D eigenvalue weighted by atomic mass is 32.2. The molecule has 2 amide bonds. The van der Waals surface area contributed by atoms with E-state index >= 15 is 0 Å². The third-order valence-electron chi connectivity index (χ3n) is 7.21. The van der Waals surface area contributed by atoms with Crippen LogP contribution in [0.2, 0.25) is 0 Å². The molecule has 2 atom stereocenters. The Balaban J connectivity index is 2.09. The predicted molar refractivity (Wildman–Crippen MR) is 165 cm³/mol. The van der Waals surface area contributed by atoms with Gasteiger partial charge in [-0.25, -0.2) is 8.42 Å². The van der Waals surface area contributed by atoms with Crippen LogP contribution in [0.3, 0.4) is 0 Å². The summed E-state index contributed by atoms with van der Waals surface area (Å²) in [5.41, 5.74) is 2.93. The van der Waals surface area contributed by atoms with Gasteiger partial charge in [0.25, 0.3) is 0 Å². The van der Waals surface area contributed by atoms with E-state index in [0.29, 0.717) is 11.5 Å². The lowest BCUT2D eigenvalue weighted by molar-refractivity contribution is -0.140. The molecule has 0 unspecified atom stereocenters. The molecule has 10 heteroatoms. The average molecular weight is 596 g/mol. The maximum absolute atomic E-state index is 14.2. The van der Waals surface area contributed by atoms with E-state index in [9.17, 15) is 18.0 Å². The summed E-state index contributed by atoms with van der Waals surface area (Å²) >= 11 is 0. The maximum atomic E-state index is 14.2. The fourth-order valence-electron chi connectivity index (χ4n) is 4.56. The minimum absolute atomic E-state index is 0.106. The van der Waals surface area contributed by atoms with Gasteiger partial charge in [-0.2, -0.15) is 0 Å². The molecule has 0 heterocycles. The molecule has 9 nitrogen and oxygen atoms in total. The van der Waals surface area contributed by atoms with Crippen molar-refractivity contribution in [1.29, 1.82) is 0 Å². The van der Waals surface area contributed by atoms with Crippen molar-refractivity contribution in [3.8, 4) is 11.5 Å². The van der Waals surface area contributed by atoms with E-state index in [2.05, 4.69) is 5.32 Å². The monoisotopic (exact) mass is 595 g/mol. The van der Waals surface area contributed by atoms with Crippen molar-refractivity contribution in [1.82, 2.24) is 10.2 Å². The highest BCUT2D eigenvalue weighted by Crippen LogP contribution is 2.32. The first kappa shape index (κ1) is 32.5. The number of anilines is 1. The first-order chi connectivity index (χ1) is 20.0. The van der Waals surface area contributed by atoms with Crippen LogP contribution in [0.15, 0.2) is 72.8 Å². The number of benzene rings is 3. The van der Waals surface area contributed by atoms with E-state index < -0.39 is 28.5 Å². The highest BCUT2D eigenvalue weighted by molar-refractivity contribution is 7.92. The molecule has 226 valence electrons. The smallest absolute Gasteiger partial charge is 0.244 e. The van der Waals surface area contributed by atoms with Crippen molar-refractivity contribution in [3.63, 3.8) is 0 Å². The molecule has 0 aromatic heterocycles. The minimum atomic E-state index is -3.91. The minimum Gasteiger partial charge on any atom is -0.493 e. The molecule has 0 fully saturated rings. The van der Waals surface area contributed by atoms with Crippen molar-refractivity contribution >= 4 is 27.5 Å². The Kier molecular flexibility index (Phi) is 11.4. The van der Waals surface area contributed by atoms with Crippen LogP contribution in [0, 0.1) is 6.92 Å². The molecule has 0 saturated heterocycles. The number of amides is 2. The molecule has 0 spiro atoms. The average Bonchev–Trinajstić information content (AvgIpc) is 2.97. The fraction of sp³-hybridized carbons (Fsp3) is 0.375. The first-order valence-corrected chi connectivity index (χ1v) is 15.7. The molecule has 0 saturated carbocycles. The number of ether oxygens (including phenoxy) is 2. The van der Waals surface area contributed by atoms with Crippen molar-refractivity contribution in [2.75, 3.05) is 31.3 Å². The molecule has 3 aromatic carbocycles. The number of aryl methyl sites for hydroxylation is 1. The number of nitrogens with one attached hydrogen (secondary N) is 1. The lowest BCUT2D eigenvalue weighted by Crippen LogP contribution is -2.54. The molecule has 0 aliphatic carbocycles. The van der Waals surface area contributed by atoms with Gasteiger partial charge in [0, 0.05) is 25.1 Å². The molecule has 1 N–H and O–H groups in total. The lowest BCUT2D eigenvalue weighted by atomic mass is 10.0. The van der Waals surface area contributed by atoms with Gasteiger partial charge in [-0.05, 0) is 49.1 Å². The Morgan fingerprint density at radius 1 is 0.929 bits per heavy atom. The van der Waals surface area contributed by atoms with Crippen LogP contribution in [-0.2, 0) is 32.6 Å². The number of carbonyl (C=O) groups is 2. The van der Waals surface area contributed by atoms with Crippen molar-refractivity contribution < 1.29 is 27.5 Å². The van der Waals surface area contributed by atoms with Crippen molar-refractivity contribution in [3.05, 3.63) is 89.5 Å². The van der Waals surface area contributed by atoms with E-state index in [1.165, 1.54) is 25.2 Å². The van der Waals surface area contributed by atoms with Crippen LogP contribution in [-0.4, -0.2) is 64.2 Å². The highest BCUT2D eigenvalue weighted by Gasteiger charge is 2.33. The van der Waals surface area contributed by atoms with Gasteiger partial charge in [-0.1, -0.05) is 61.5 Å². The zero-order valence-electron chi connectivity index (χ0n) is 25.2. The van der Waals surface area contributed by atoms with Crippen molar-refractivity contribution in [2.45, 2.75) is 52.2 Å². The summed E-state index contributed by atoms with van der Waals surface area (Å²) in [5, 5.41) is 3.03. The molecule has 42 heavy (non-hydrogen) atoms. The van der Waals surface area contributed by atoms with Crippen LogP contribution in [0.5, 0.6) is 11.5 Å². The van der Waals surface area contributed by atoms with Crippen LogP contribution in [0.4, 0.5) is 5.69 Å². The zero-order chi connectivity index (χ0) is 30.9. The van der Waals surface area contributed by atoms with Gasteiger partial charge in [-0.15, -0.1) is 0 Å². The Morgan fingerprint density at radius 3 is 2.17 bits per heavy atom. The first-order valence-electron chi connectivity index (χ1n) is 13.9. The normalized spacial score (nSPS) is 12.6. The number of sulfonamides is 1. The Morgan fingerprint density at radius 2 is 1.57 bits per heavy atom. The molecule has 0 aliphatic heterocycles. The lowest BCUT2D eigenvalue weighted by Gasteiger charge is -2.34. The summed E-state index contributed by atoms with van der Waals surface area (Å²) in [6.45, 7) is 5.44. The summed E-state index contributed by atoms with van der Waals surface area (Å²) in [6.07, 6.45) is 2.02. The SMILES string of the molecule is CC[C@H](C)NC(=O)[C@@H](Cc1ccccc1)N(Cc1ccccc1C)C(=O)CN(c1ccc(OC)c(OC)c1)S(C)(=O)=O. The standard InChI is InChI=1S/C32H41N3O6S/c1-7-24(3)33-32(37)28(19-25-14-9-8-10-15-25)34(21-26-16-12-11-13-23(26)2)31(36)22-35(42(6,38)39)27-17-18-29(40-4)30(20-27)41-5/h8-18,20,24,28H,7,19,21-22H2,1-6H3,(H,33,37)/t24-,28+/m0/s1. The molecular weight excluding hydrogens is 554 g/mol. The Bertz CT molecular complexity index is 1460. The third-order valence-corrected chi connectivity index (χ3v) is 8.35. The Labute approximate surface area is 249 Å². The van der Waals surface area contributed by atoms with E-state index in [1.807, 2.05) is 75.4 Å². The van der Waals surface area contributed by atoms with Gasteiger partial charge < -0.3 is 19.7 Å². The molecule has 0 radical (unpaired) electrons. The largest absolute Gasteiger partial charge is 0.493 e. The number of rotatable bonds is 14. The molecule has 3 aromatic rings. The van der Waals surface area contributed by atoms with Gasteiger partial charge >= 0.3 is 0 Å². The third kappa shape index (κ3) is 8.48. The van der Waals surface area contributed by atoms with E-state index in [1.54, 1.807) is 12.1 Å². The summed E-state index contributed by atoms with van der Waals surface area (Å²) < 4.78 is 37.8. The maximum Gasteiger partial charge on any atom is 0.244 e. The van der Waals surface area contributed by atoms with Gasteiger partial charge in [0.05, 0.1) is 26.2 Å². The second kappa shape index (κ2) is 14.7. The second-order valence-corrected chi connectivity index (χ2v) is 12.2. The number of hydrogen-bond acceptors (Lipinski definition) is 6. The number of methoxy groups -OCH3 is 2. The van der Waals surface area contributed by atoms with Gasteiger partial charge in [0.2, 0.25) is 21.8 Å². The molecule has 0 aliphatic rings. The van der Waals surface area contributed by atoms with Gasteiger partial charge in [0.1, 0.15) is 12.6 Å². The zero-order valence-corrected chi connectivity index (χ0v) is 26.0. The van der Waals surface area contributed by atoms with E-state index in [0.717, 1.165) is 33.7 Å². The van der Waals surface area contributed by atoms with Crippen LogP contribution >= 0.6 is 0 Å². The molecule has 3 rings (SSSR count). The number of hydrogen-bond donors (Lipinski definition) is 1. The van der Waals surface area contributed by atoms with Gasteiger partial charge in [0.15, 0.2) is 11.5 Å². The summed E-state index contributed by atoms with van der Waals surface area (Å²) in [4.78, 5) is 29.5. The van der Waals surface area contributed by atoms with E-state index in [-0.39, 0.29) is 30.6 Å².